The first kappa shape index (κ1) is 26.1. The topological polar surface area (TPSA) is 133 Å². The van der Waals surface area contributed by atoms with Crippen LogP contribution in [-0.2, 0) is 16.1 Å². The highest BCUT2D eigenvalue weighted by Gasteiger charge is 2.48. The molecule has 0 radical (unpaired) electrons. The summed E-state index contributed by atoms with van der Waals surface area (Å²) in [7, 11) is 3.32. The van der Waals surface area contributed by atoms with Crippen molar-refractivity contribution in [2.45, 2.75) is 24.9 Å². The summed E-state index contributed by atoms with van der Waals surface area (Å²) < 4.78 is 19.8. The van der Waals surface area contributed by atoms with Gasteiger partial charge in [0, 0.05) is 24.2 Å². The number of ether oxygens (including phenoxy) is 1. The van der Waals surface area contributed by atoms with Crippen LogP contribution in [-0.4, -0.2) is 77.9 Å². The van der Waals surface area contributed by atoms with Crippen molar-refractivity contribution in [2.75, 3.05) is 39.1 Å². The molecule has 5 rings (SSSR count). The van der Waals surface area contributed by atoms with Crippen molar-refractivity contribution in [3.8, 4) is 17.6 Å². The molecule has 2 fully saturated rings. The van der Waals surface area contributed by atoms with E-state index in [0.29, 0.717) is 16.8 Å². The fourth-order valence-electron chi connectivity index (χ4n) is 4.97. The second-order valence-electron chi connectivity index (χ2n) is 9.87. The van der Waals surface area contributed by atoms with Crippen molar-refractivity contribution in [1.29, 1.82) is 0 Å². The minimum Gasteiger partial charge on any atom is -0.494 e. The Kier molecular flexibility index (Phi) is 6.93. The number of amides is 5. The summed E-state index contributed by atoms with van der Waals surface area (Å²) in [6.45, 7) is 1.42. The van der Waals surface area contributed by atoms with E-state index < -0.39 is 29.2 Å². The maximum absolute atomic E-state index is 14.8. The van der Waals surface area contributed by atoms with Gasteiger partial charge >= 0.3 is 6.03 Å². The molecule has 2 saturated heterocycles. The van der Waals surface area contributed by atoms with Crippen molar-refractivity contribution < 1.29 is 28.3 Å². The molecule has 4 heterocycles. The molecule has 0 spiro atoms. The highest BCUT2D eigenvalue weighted by Crippen LogP contribution is 2.32. The van der Waals surface area contributed by atoms with Gasteiger partial charge in [-0.15, -0.1) is 0 Å². The Morgan fingerprint density at radius 2 is 2.03 bits per heavy atom. The molecule has 0 bridgehead atoms. The molecule has 11 nitrogen and oxygen atoms in total. The largest absolute Gasteiger partial charge is 0.494 e. The highest BCUT2D eigenvalue weighted by atomic mass is 19.1. The number of nitrogens with one attached hydrogen (secondary N) is 3. The minimum absolute atomic E-state index is 0.0295. The van der Waals surface area contributed by atoms with E-state index in [1.807, 2.05) is 7.05 Å². The molecule has 12 heteroatoms. The molecule has 3 aliphatic rings. The van der Waals surface area contributed by atoms with Gasteiger partial charge < -0.3 is 25.2 Å². The number of hydrogen-bond donors (Lipinski definition) is 3. The molecule has 5 amide bonds. The van der Waals surface area contributed by atoms with Gasteiger partial charge in [-0.25, -0.2) is 9.18 Å². The molecule has 39 heavy (non-hydrogen) atoms. The summed E-state index contributed by atoms with van der Waals surface area (Å²) in [5, 5.41) is 7.55. The number of benzene rings is 1. The van der Waals surface area contributed by atoms with Crippen LogP contribution in [0.15, 0.2) is 30.6 Å². The number of carbonyl (C=O) groups is 4. The second-order valence-corrected chi connectivity index (χ2v) is 9.87. The van der Waals surface area contributed by atoms with Gasteiger partial charge in [0.25, 0.3) is 11.8 Å². The Morgan fingerprint density at radius 3 is 2.72 bits per heavy atom. The molecule has 1 atom stereocenters. The Hall–Kier alpha value is -4.50. The number of piperidine rings is 1. The third-order valence-corrected chi connectivity index (χ3v) is 7.16. The fraction of sp³-hybridized carbons (Fsp3) is 0.370. The average molecular weight is 535 g/mol. The Labute approximate surface area is 224 Å². The monoisotopic (exact) mass is 534 g/mol. The van der Waals surface area contributed by atoms with Crippen molar-refractivity contribution >= 4 is 29.4 Å². The number of urea groups is 1. The number of likely N-dealkylation sites (tertiary alicyclic amines) is 1. The number of hydrogen-bond acceptors (Lipinski definition) is 7. The Balaban J connectivity index is 1.36. The van der Waals surface area contributed by atoms with Crippen LogP contribution < -0.4 is 20.7 Å². The first-order chi connectivity index (χ1) is 18.7. The van der Waals surface area contributed by atoms with Gasteiger partial charge in [0.2, 0.25) is 11.4 Å². The number of aromatic nitrogens is 1. The van der Waals surface area contributed by atoms with Gasteiger partial charge in [-0.05, 0) is 50.7 Å². The molecule has 3 N–H and O–H groups in total. The van der Waals surface area contributed by atoms with Crippen LogP contribution >= 0.6 is 0 Å². The third kappa shape index (κ3) is 5.13. The van der Waals surface area contributed by atoms with Gasteiger partial charge in [0.15, 0.2) is 11.6 Å². The second kappa shape index (κ2) is 10.3. The van der Waals surface area contributed by atoms with Crippen LogP contribution in [0, 0.1) is 23.6 Å². The van der Waals surface area contributed by atoms with Crippen LogP contribution in [0.1, 0.15) is 34.3 Å². The molecular formula is C27H27FN6O5. The van der Waals surface area contributed by atoms with E-state index in [0.717, 1.165) is 25.9 Å². The highest BCUT2D eigenvalue weighted by molar-refractivity contribution is 6.10. The van der Waals surface area contributed by atoms with Crippen molar-refractivity contribution in [2.24, 2.45) is 5.92 Å². The van der Waals surface area contributed by atoms with Crippen LogP contribution in [0.5, 0.6) is 5.75 Å². The van der Waals surface area contributed by atoms with Crippen molar-refractivity contribution in [3.63, 3.8) is 0 Å². The van der Waals surface area contributed by atoms with Gasteiger partial charge in [-0.2, -0.15) is 0 Å². The average Bonchev–Trinajstić information content (AvgIpc) is 3.38. The van der Waals surface area contributed by atoms with Gasteiger partial charge in [-0.3, -0.25) is 24.7 Å². The van der Waals surface area contributed by atoms with Gasteiger partial charge in [0.1, 0.15) is 0 Å². The number of halogens is 1. The quantitative estimate of drug-likeness (QED) is 0.387. The normalized spacial score (nSPS) is 21.1. The zero-order chi connectivity index (χ0) is 27.7. The van der Waals surface area contributed by atoms with E-state index in [9.17, 15) is 23.6 Å². The lowest BCUT2D eigenvalue weighted by Crippen LogP contribution is -2.54. The predicted molar refractivity (Wildman–Crippen MR) is 137 cm³/mol. The third-order valence-electron chi connectivity index (χ3n) is 7.16. The van der Waals surface area contributed by atoms with E-state index in [4.69, 9.17) is 4.74 Å². The zero-order valence-corrected chi connectivity index (χ0v) is 21.5. The molecule has 1 aromatic heterocycles. The van der Waals surface area contributed by atoms with E-state index in [2.05, 4.69) is 37.7 Å². The maximum atomic E-state index is 14.8. The summed E-state index contributed by atoms with van der Waals surface area (Å²) >= 11 is 0. The summed E-state index contributed by atoms with van der Waals surface area (Å²) in [6.07, 6.45) is 4.49. The standard InChI is InChI=1S/C27H27FN6O5/c1-33-9-6-17(7-10-33)23(35)30-19-11-16(12-29-13-19)5-8-27(25(37)31-26(38)32-27)15-34-14-18-3-4-20(39-2)22(28)21(18)24(34)36/h3-4,11-13,17H,6-7,9-10,14-15H2,1-2H3,(H,30,35)(H2,31,32,37,38). The lowest BCUT2D eigenvalue weighted by atomic mass is 9.96. The van der Waals surface area contributed by atoms with E-state index in [1.54, 1.807) is 12.1 Å². The number of methoxy groups -OCH3 is 1. The molecule has 2 aromatic rings. The number of fused-ring (bicyclic) bond motifs is 1. The molecular weight excluding hydrogens is 507 g/mol. The van der Waals surface area contributed by atoms with Gasteiger partial charge in [0.05, 0.1) is 31.1 Å². The lowest BCUT2D eigenvalue weighted by molar-refractivity contribution is -0.122. The zero-order valence-electron chi connectivity index (χ0n) is 21.5. The van der Waals surface area contributed by atoms with Crippen molar-refractivity contribution in [3.05, 3.63) is 53.1 Å². The fourth-order valence-corrected chi connectivity index (χ4v) is 4.97. The SMILES string of the molecule is COc1ccc2c(c1F)C(=O)N(CC1(C#Cc3cncc(NC(=O)C4CCN(C)CC4)c3)NC(=O)NC1=O)C2. The molecule has 0 saturated carbocycles. The number of nitrogens with zero attached hydrogens (tertiary/aromatic N) is 3. The maximum Gasteiger partial charge on any atom is 0.323 e. The Bertz CT molecular complexity index is 1430. The van der Waals surface area contributed by atoms with Crippen molar-refractivity contribution in [1.82, 2.24) is 25.4 Å². The first-order valence-electron chi connectivity index (χ1n) is 12.4. The predicted octanol–water partition coefficient (Wildman–Crippen LogP) is 1.10. The van der Waals surface area contributed by atoms with E-state index >= 15 is 0 Å². The molecule has 1 unspecified atom stereocenters. The van der Waals surface area contributed by atoms with Crippen LogP contribution in [0.25, 0.3) is 0 Å². The van der Waals surface area contributed by atoms with E-state index in [-0.39, 0.29) is 36.2 Å². The van der Waals surface area contributed by atoms with Crippen LogP contribution in [0.4, 0.5) is 14.9 Å². The minimum atomic E-state index is -1.78. The number of rotatable bonds is 5. The summed E-state index contributed by atoms with van der Waals surface area (Å²) in [6, 6.07) is 3.87. The number of imide groups is 1. The first-order valence-corrected chi connectivity index (χ1v) is 12.4. The van der Waals surface area contributed by atoms with Crippen LogP contribution in [0.3, 0.4) is 0 Å². The molecule has 0 aliphatic carbocycles. The van der Waals surface area contributed by atoms with E-state index in [1.165, 1.54) is 30.5 Å². The number of carbonyl (C=O) groups excluding carboxylic acids is 4. The Morgan fingerprint density at radius 1 is 1.26 bits per heavy atom. The lowest BCUT2D eigenvalue weighted by Gasteiger charge is -2.28. The smallest absolute Gasteiger partial charge is 0.323 e. The molecule has 1 aromatic carbocycles. The summed E-state index contributed by atoms with van der Waals surface area (Å²) in [4.78, 5) is 58.3. The number of anilines is 1. The summed E-state index contributed by atoms with van der Waals surface area (Å²) in [5.41, 5.74) is -0.642. The molecule has 202 valence electrons. The number of pyridine rings is 1. The van der Waals surface area contributed by atoms with Crippen LogP contribution in [0.2, 0.25) is 0 Å². The van der Waals surface area contributed by atoms with Gasteiger partial charge in [-0.1, -0.05) is 17.9 Å². The summed E-state index contributed by atoms with van der Waals surface area (Å²) in [5.74, 6) is 3.21. The molecule has 3 aliphatic heterocycles.